The summed E-state index contributed by atoms with van der Waals surface area (Å²) in [5.41, 5.74) is 0.682. The molecule has 1 aromatic carbocycles. The number of ether oxygens (including phenoxy) is 2. The minimum absolute atomic E-state index is 0.0430. The highest BCUT2D eigenvalue weighted by molar-refractivity contribution is 5.94. The molecule has 4 rings (SSSR count). The van der Waals surface area contributed by atoms with Gasteiger partial charge >= 0.3 is 0 Å². The first-order chi connectivity index (χ1) is 14.1. The van der Waals surface area contributed by atoms with E-state index in [0.29, 0.717) is 30.5 Å². The van der Waals surface area contributed by atoms with Crippen LogP contribution in [0.3, 0.4) is 0 Å². The van der Waals surface area contributed by atoms with Crippen LogP contribution in [-0.4, -0.2) is 66.6 Å². The van der Waals surface area contributed by atoms with Gasteiger partial charge in [0, 0.05) is 57.1 Å². The SMILES string of the molecule is CCN(CC1CCCO1)C(=O)c1ccc(OC2CCN(C(=O)C3CC3)CC2)cc1. The normalized spacial score (nSPS) is 22.5. The van der Waals surface area contributed by atoms with Gasteiger partial charge in [-0.05, 0) is 56.9 Å². The van der Waals surface area contributed by atoms with Gasteiger partial charge in [0.1, 0.15) is 11.9 Å². The Morgan fingerprint density at radius 1 is 1.10 bits per heavy atom. The van der Waals surface area contributed by atoms with E-state index in [-0.39, 0.29) is 18.1 Å². The van der Waals surface area contributed by atoms with Gasteiger partial charge in [0.25, 0.3) is 5.91 Å². The van der Waals surface area contributed by atoms with E-state index >= 15 is 0 Å². The molecule has 0 radical (unpaired) electrons. The van der Waals surface area contributed by atoms with Crippen molar-refractivity contribution in [1.29, 1.82) is 0 Å². The summed E-state index contributed by atoms with van der Waals surface area (Å²) in [7, 11) is 0. The van der Waals surface area contributed by atoms with E-state index in [4.69, 9.17) is 9.47 Å². The molecule has 2 saturated heterocycles. The summed E-state index contributed by atoms with van der Waals surface area (Å²) < 4.78 is 11.8. The highest BCUT2D eigenvalue weighted by atomic mass is 16.5. The first-order valence-corrected chi connectivity index (χ1v) is 11.1. The van der Waals surface area contributed by atoms with E-state index in [9.17, 15) is 9.59 Å². The number of nitrogens with zero attached hydrogens (tertiary/aromatic N) is 2. The van der Waals surface area contributed by atoms with E-state index in [2.05, 4.69) is 0 Å². The number of hydrogen-bond acceptors (Lipinski definition) is 4. The Hall–Kier alpha value is -2.08. The minimum atomic E-state index is 0.0430. The van der Waals surface area contributed by atoms with Crippen molar-refractivity contribution in [2.24, 2.45) is 5.92 Å². The molecule has 3 aliphatic rings. The van der Waals surface area contributed by atoms with Crippen molar-refractivity contribution in [2.45, 2.75) is 57.7 Å². The van der Waals surface area contributed by atoms with Crippen LogP contribution in [0.2, 0.25) is 0 Å². The highest BCUT2D eigenvalue weighted by Crippen LogP contribution is 2.32. The van der Waals surface area contributed by atoms with Gasteiger partial charge in [-0.2, -0.15) is 0 Å². The largest absolute Gasteiger partial charge is 0.490 e. The van der Waals surface area contributed by atoms with Crippen molar-refractivity contribution >= 4 is 11.8 Å². The van der Waals surface area contributed by atoms with Gasteiger partial charge in [0.2, 0.25) is 5.91 Å². The molecule has 2 amide bonds. The van der Waals surface area contributed by atoms with Crippen LogP contribution in [-0.2, 0) is 9.53 Å². The molecule has 158 valence electrons. The molecule has 6 heteroatoms. The van der Waals surface area contributed by atoms with Crippen LogP contribution in [0, 0.1) is 5.92 Å². The van der Waals surface area contributed by atoms with Gasteiger partial charge in [0.15, 0.2) is 0 Å². The Labute approximate surface area is 173 Å². The molecular formula is C23H32N2O4. The van der Waals surface area contributed by atoms with Crippen LogP contribution in [0.15, 0.2) is 24.3 Å². The van der Waals surface area contributed by atoms with E-state index in [1.165, 1.54) is 0 Å². The topological polar surface area (TPSA) is 59.1 Å². The fourth-order valence-electron chi connectivity index (χ4n) is 4.22. The Morgan fingerprint density at radius 2 is 1.83 bits per heavy atom. The van der Waals surface area contributed by atoms with Crippen molar-refractivity contribution < 1.29 is 19.1 Å². The summed E-state index contributed by atoms with van der Waals surface area (Å²) in [5.74, 6) is 1.45. The van der Waals surface area contributed by atoms with Crippen molar-refractivity contribution in [3.63, 3.8) is 0 Å². The average Bonchev–Trinajstić information content (AvgIpc) is 3.48. The fraction of sp³-hybridized carbons (Fsp3) is 0.652. The number of carbonyl (C=O) groups excluding carboxylic acids is 2. The standard InChI is InChI=1S/C23H32N2O4/c1-2-24(16-21-4-3-15-28-21)22(26)18-7-9-19(10-8-18)29-20-11-13-25(14-12-20)23(27)17-5-6-17/h7-10,17,20-21H,2-6,11-16H2,1H3. The molecule has 1 aromatic rings. The smallest absolute Gasteiger partial charge is 0.253 e. The summed E-state index contributed by atoms with van der Waals surface area (Å²) >= 11 is 0. The summed E-state index contributed by atoms with van der Waals surface area (Å²) in [4.78, 5) is 28.8. The Morgan fingerprint density at radius 3 is 2.41 bits per heavy atom. The number of hydrogen-bond donors (Lipinski definition) is 0. The first kappa shape index (κ1) is 20.2. The van der Waals surface area contributed by atoms with Crippen LogP contribution in [0.5, 0.6) is 5.75 Å². The van der Waals surface area contributed by atoms with Crippen LogP contribution >= 0.6 is 0 Å². The van der Waals surface area contributed by atoms with Gasteiger partial charge in [0.05, 0.1) is 6.10 Å². The second kappa shape index (κ2) is 9.16. The number of likely N-dealkylation sites (N-methyl/N-ethyl adjacent to an activating group) is 1. The van der Waals surface area contributed by atoms with Crippen LogP contribution < -0.4 is 4.74 Å². The molecule has 1 aliphatic carbocycles. The maximum absolute atomic E-state index is 12.8. The molecule has 2 aliphatic heterocycles. The maximum Gasteiger partial charge on any atom is 0.253 e. The molecular weight excluding hydrogens is 368 g/mol. The Kier molecular flexibility index (Phi) is 6.38. The van der Waals surface area contributed by atoms with Gasteiger partial charge in [-0.3, -0.25) is 9.59 Å². The lowest BCUT2D eigenvalue weighted by atomic mass is 10.1. The molecule has 0 bridgehead atoms. The zero-order chi connectivity index (χ0) is 20.2. The zero-order valence-electron chi connectivity index (χ0n) is 17.3. The third kappa shape index (κ3) is 5.10. The molecule has 1 unspecified atom stereocenters. The van der Waals surface area contributed by atoms with Gasteiger partial charge in [-0.25, -0.2) is 0 Å². The van der Waals surface area contributed by atoms with Crippen LogP contribution in [0.1, 0.15) is 55.8 Å². The summed E-state index contributed by atoms with van der Waals surface area (Å²) in [5, 5.41) is 0. The number of rotatable bonds is 7. The molecule has 3 fully saturated rings. The predicted octanol–water partition coefficient (Wildman–Crippen LogP) is 3.11. The number of carbonyl (C=O) groups is 2. The molecule has 0 spiro atoms. The highest BCUT2D eigenvalue weighted by Gasteiger charge is 2.35. The summed E-state index contributed by atoms with van der Waals surface area (Å²) in [6.07, 6.45) is 6.25. The molecule has 6 nitrogen and oxygen atoms in total. The second-order valence-corrected chi connectivity index (χ2v) is 8.42. The van der Waals surface area contributed by atoms with Crippen molar-refractivity contribution in [2.75, 3.05) is 32.8 Å². The Balaban J connectivity index is 1.27. The van der Waals surface area contributed by atoms with Gasteiger partial charge in [-0.15, -0.1) is 0 Å². The monoisotopic (exact) mass is 400 g/mol. The maximum atomic E-state index is 12.8. The fourth-order valence-corrected chi connectivity index (χ4v) is 4.22. The van der Waals surface area contributed by atoms with Crippen molar-refractivity contribution in [1.82, 2.24) is 9.80 Å². The van der Waals surface area contributed by atoms with Gasteiger partial charge < -0.3 is 19.3 Å². The Bertz CT molecular complexity index is 702. The number of amides is 2. The molecule has 0 N–H and O–H groups in total. The van der Waals surface area contributed by atoms with Crippen molar-refractivity contribution in [3.05, 3.63) is 29.8 Å². The summed E-state index contributed by atoms with van der Waals surface area (Å²) in [6, 6.07) is 7.47. The van der Waals surface area contributed by atoms with E-state index < -0.39 is 0 Å². The lowest BCUT2D eigenvalue weighted by Crippen LogP contribution is -2.42. The lowest BCUT2D eigenvalue weighted by molar-refractivity contribution is -0.134. The predicted molar refractivity (Wildman–Crippen MR) is 110 cm³/mol. The molecule has 1 atom stereocenters. The number of piperidine rings is 1. The zero-order valence-corrected chi connectivity index (χ0v) is 17.3. The van der Waals surface area contributed by atoms with Crippen LogP contribution in [0.4, 0.5) is 0 Å². The first-order valence-electron chi connectivity index (χ1n) is 11.1. The quantitative estimate of drug-likeness (QED) is 0.706. The third-order valence-electron chi connectivity index (χ3n) is 6.20. The average molecular weight is 401 g/mol. The van der Waals surface area contributed by atoms with Crippen LogP contribution in [0.25, 0.3) is 0 Å². The van der Waals surface area contributed by atoms with E-state index in [1.54, 1.807) is 0 Å². The summed E-state index contributed by atoms with van der Waals surface area (Å²) in [6.45, 7) is 5.71. The molecule has 29 heavy (non-hydrogen) atoms. The third-order valence-corrected chi connectivity index (χ3v) is 6.20. The van der Waals surface area contributed by atoms with Crippen molar-refractivity contribution in [3.8, 4) is 5.75 Å². The molecule has 2 heterocycles. The molecule has 1 saturated carbocycles. The number of benzene rings is 1. The van der Waals surface area contributed by atoms with E-state index in [1.807, 2.05) is 41.0 Å². The van der Waals surface area contributed by atoms with E-state index in [0.717, 1.165) is 64.0 Å². The molecule has 0 aromatic heterocycles. The minimum Gasteiger partial charge on any atom is -0.490 e. The van der Waals surface area contributed by atoms with Gasteiger partial charge in [-0.1, -0.05) is 0 Å². The number of likely N-dealkylation sites (tertiary alicyclic amines) is 1. The second-order valence-electron chi connectivity index (χ2n) is 8.42. The lowest BCUT2D eigenvalue weighted by Gasteiger charge is -2.32.